The molecule has 0 aliphatic carbocycles. The summed E-state index contributed by atoms with van der Waals surface area (Å²) in [5.41, 5.74) is 1.86. The Bertz CT molecular complexity index is 927. The zero-order valence-corrected chi connectivity index (χ0v) is 16.9. The van der Waals surface area contributed by atoms with Gasteiger partial charge in [-0.25, -0.2) is 13.4 Å². The summed E-state index contributed by atoms with van der Waals surface area (Å²) in [6.45, 7) is 1.94. The molecule has 2 heterocycles. The van der Waals surface area contributed by atoms with E-state index >= 15 is 0 Å². The first-order chi connectivity index (χ1) is 12.3. The van der Waals surface area contributed by atoms with Crippen LogP contribution in [0.1, 0.15) is 12.0 Å². The van der Waals surface area contributed by atoms with Crippen molar-refractivity contribution in [2.24, 2.45) is 0 Å². The van der Waals surface area contributed by atoms with E-state index < -0.39 is 9.84 Å². The van der Waals surface area contributed by atoms with Crippen molar-refractivity contribution in [1.29, 1.82) is 0 Å². The second kappa shape index (κ2) is 7.62. The number of imidazole rings is 1. The summed E-state index contributed by atoms with van der Waals surface area (Å²) < 4.78 is 25.1. The van der Waals surface area contributed by atoms with E-state index in [4.69, 9.17) is 11.6 Å². The van der Waals surface area contributed by atoms with Crippen LogP contribution in [0.25, 0.3) is 5.69 Å². The Morgan fingerprint density at radius 2 is 2.23 bits per heavy atom. The van der Waals surface area contributed by atoms with Crippen molar-refractivity contribution >= 4 is 39.1 Å². The number of hydrogen-bond donors (Lipinski definition) is 0. The van der Waals surface area contributed by atoms with Crippen LogP contribution in [0.15, 0.2) is 35.7 Å². The molecule has 1 atom stereocenters. The number of amides is 1. The molecule has 2 aromatic rings. The van der Waals surface area contributed by atoms with Gasteiger partial charge in [-0.15, -0.1) is 0 Å². The summed E-state index contributed by atoms with van der Waals surface area (Å²) in [5.74, 6) is 0.301. The molecule has 0 N–H and O–H groups in total. The lowest BCUT2D eigenvalue weighted by molar-refractivity contribution is -0.128. The fourth-order valence-electron chi connectivity index (χ4n) is 2.95. The zero-order chi connectivity index (χ0) is 18.9. The van der Waals surface area contributed by atoms with Gasteiger partial charge in [0.25, 0.3) is 0 Å². The van der Waals surface area contributed by atoms with Crippen LogP contribution < -0.4 is 0 Å². The molecule has 9 heteroatoms. The lowest BCUT2D eigenvalue weighted by atomic mass is 10.2. The fourth-order valence-corrected chi connectivity index (χ4v) is 5.78. The summed E-state index contributed by atoms with van der Waals surface area (Å²) >= 11 is 7.52. The van der Waals surface area contributed by atoms with Gasteiger partial charge in [-0.2, -0.15) is 0 Å². The second-order valence-corrected chi connectivity index (χ2v) is 9.89. The molecular formula is C17H20ClN3O3S2. The first-order valence-electron chi connectivity index (χ1n) is 8.16. The third-order valence-electron chi connectivity index (χ3n) is 4.58. The maximum atomic E-state index is 12.5. The van der Waals surface area contributed by atoms with Gasteiger partial charge in [0.2, 0.25) is 5.91 Å². The maximum absolute atomic E-state index is 12.5. The average molecular weight is 414 g/mol. The van der Waals surface area contributed by atoms with Gasteiger partial charge < -0.3 is 4.90 Å². The first kappa shape index (κ1) is 19.3. The number of thioether (sulfide) groups is 1. The summed E-state index contributed by atoms with van der Waals surface area (Å²) in [5, 5.41) is 1.36. The Morgan fingerprint density at radius 3 is 2.92 bits per heavy atom. The highest BCUT2D eigenvalue weighted by atomic mass is 35.5. The molecule has 140 valence electrons. The van der Waals surface area contributed by atoms with Crippen molar-refractivity contribution in [3.8, 4) is 5.69 Å². The van der Waals surface area contributed by atoms with Crippen molar-refractivity contribution < 1.29 is 13.2 Å². The molecule has 6 nitrogen and oxygen atoms in total. The van der Waals surface area contributed by atoms with Crippen LogP contribution in [-0.4, -0.2) is 59.1 Å². The van der Waals surface area contributed by atoms with E-state index in [0.717, 1.165) is 11.3 Å². The SMILES string of the molecule is Cc1c(Cl)cccc1-n1ccnc1SCC(=O)N(C)C1CCS(=O)(=O)C1. The van der Waals surface area contributed by atoms with Gasteiger partial charge in [0.1, 0.15) is 0 Å². The molecule has 1 fully saturated rings. The van der Waals surface area contributed by atoms with Crippen LogP contribution in [0.4, 0.5) is 0 Å². The van der Waals surface area contributed by atoms with Crippen LogP contribution >= 0.6 is 23.4 Å². The van der Waals surface area contributed by atoms with Crippen molar-refractivity contribution in [1.82, 2.24) is 14.5 Å². The van der Waals surface area contributed by atoms with Gasteiger partial charge in [0.05, 0.1) is 22.9 Å². The first-order valence-corrected chi connectivity index (χ1v) is 11.3. The fraction of sp³-hybridized carbons (Fsp3) is 0.412. The van der Waals surface area contributed by atoms with Gasteiger partial charge in [-0.1, -0.05) is 29.4 Å². The predicted octanol–water partition coefficient (Wildman–Crippen LogP) is 2.57. The molecule has 0 spiro atoms. The summed E-state index contributed by atoms with van der Waals surface area (Å²) in [7, 11) is -1.34. The molecular weight excluding hydrogens is 394 g/mol. The molecule has 1 aromatic carbocycles. The van der Waals surface area contributed by atoms with Crippen LogP contribution in [0.3, 0.4) is 0 Å². The number of hydrogen-bond acceptors (Lipinski definition) is 5. The molecule has 1 aliphatic heterocycles. The number of benzene rings is 1. The van der Waals surface area contributed by atoms with Crippen LogP contribution in [-0.2, 0) is 14.6 Å². The second-order valence-electron chi connectivity index (χ2n) is 6.31. The van der Waals surface area contributed by atoms with Gasteiger partial charge >= 0.3 is 0 Å². The number of sulfone groups is 1. The van der Waals surface area contributed by atoms with Crippen molar-refractivity contribution in [2.75, 3.05) is 24.3 Å². The summed E-state index contributed by atoms with van der Waals surface area (Å²) in [6.07, 6.45) is 4.02. The normalized spacial score (nSPS) is 18.8. The monoisotopic (exact) mass is 413 g/mol. The van der Waals surface area contributed by atoms with Crippen molar-refractivity contribution in [3.05, 3.63) is 41.2 Å². The lowest BCUT2D eigenvalue weighted by Crippen LogP contribution is -2.38. The molecule has 1 aliphatic rings. The van der Waals surface area contributed by atoms with Gasteiger partial charge in [-0.05, 0) is 31.0 Å². The standard InChI is InChI=1S/C17H20ClN3O3S2/c1-12-14(18)4-3-5-15(12)21-8-7-19-17(21)25-10-16(22)20(2)13-6-9-26(23,24)11-13/h3-5,7-8,13H,6,9-11H2,1-2H3. The van der Waals surface area contributed by atoms with Gasteiger partial charge in [0.15, 0.2) is 15.0 Å². The number of aromatic nitrogens is 2. The molecule has 0 bridgehead atoms. The molecule has 3 rings (SSSR count). The molecule has 1 unspecified atom stereocenters. The van der Waals surface area contributed by atoms with Crippen LogP contribution in [0.5, 0.6) is 0 Å². The number of nitrogens with zero attached hydrogens (tertiary/aromatic N) is 3. The molecule has 1 aromatic heterocycles. The van der Waals surface area contributed by atoms with E-state index in [2.05, 4.69) is 4.98 Å². The minimum atomic E-state index is -3.01. The molecule has 26 heavy (non-hydrogen) atoms. The zero-order valence-electron chi connectivity index (χ0n) is 14.6. The van der Waals surface area contributed by atoms with Crippen molar-refractivity contribution in [2.45, 2.75) is 24.5 Å². The van der Waals surface area contributed by atoms with Crippen molar-refractivity contribution in [3.63, 3.8) is 0 Å². The maximum Gasteiger partial charge on any atom is 0.233 e. The average Bonchev–Trinajstić information content (AvgIpc) is 3.20. The minimum Gasteiger partial charge on any atom is -0.341 e. The molecule has 0 radical (unpaired) electrons. The highest BCUT2D eigenvalue weighted by Crippen LogP contribution is 2.27. The van der Waals surface area contributed by atoms with E-state index in [1.807, 2.05) is 35.9 Å². The number of halogens is 1. The predicted molar refractivity (Wildman–Crippen MR) is 104 cm³/mol. The Morgan fingerprint density at radius 1 is 1.46 bits per heavy atom. The van der Waals surface area contributed by atoms with Crippen LogP contribution in [0, 0.1) is 6.92 Å². The Kier molecular flexibility index (Phi) is 5.64. The number of carbonyl (C=O) groups is 1. The molecule has 1 saturated heterocycles. The van der Waals surface area contributed by atoms with E-state index in [0.29, 0.717) is 16.6 Å². The van der Waals surface area contributed by atoms with Gasteiger partial charge in [-0.3, -0.25) is 9.36 Å². The highest BCUT2D eigenvalue weighted by molar-refractivity contribution is 7.99. The van der Waals surface area contributed by atoms with E-state index in [9.17, 15) is 13.2 Å². The Hall–Kier alpha value is -1.51. The Balaban J connectivity index is 1.69. The number of carbonyl (C=O) groups excluding carboxylic acids is 1. The van der Waals surface area contributed by atoms with E-state index in [1.54, 1.807) is 18.1 Å². The quantitative estimate of drug-likeness (QED) is 0.704. The minimum absolute atomic E-state index is 0.0518. The Labute approximate surface area is 162 Å². The third kappa shape index (κ3) is 4.07. The topological polar surface area (TPSA) is 72.3 Å². The number of rotatable bonds is 5. The smallest absolute Gasteiger partial charge is 0.233 e. The molecule has 0 saturated carbocycles. The highest BCUT2D eigenvalue weighted by Gasteiger charge is 2.32. The van der Waals surface area contributed by atoms with E-state index in [1.165, 1.54) is 11.8 Å². The summed E-state index contributed by atoms with van der Waals surface area (Å²) in [4.78, 5) is 18.3. The lowest BCUT2D eigenvalue weighted by Gasteiger charge is -2.23. The largest absolute Gasteiger partial charge is 0.341 e. The van der Waals surface area contributed by atoms with Crippen LogP contribution in [0.2, 0.25) is 5.02 Å². The summed E-state index contributed by atoms with van der Waals surface area (Å²) in [6, 6.07) is 5.42. The molecule has 1 amide bonds. The van der Waals surface area contributed by atoms with E-state index in [-0.39, 0.29) is 29.2 Å². The van der Waals surface area contributed by atoms with Gasteiger partial charge in [0, 0.05) is 30.5 Å². The third-order valence-corrected chi connectivity index (χ3v) is 7.69.